The fraction of sp³-hybridized carbons (Fsp3) is 0.0909. The van der Waals surface area contributed by atoms with Crippen LogP contribution in [0.1, 0.15) is 16.1 Å². The van der Waals surface area contributed by atoms with Gasteiger partial charge in [0.2, 0.25) is 0 Å². The Labute approximate surface area is 101 Å². The van der Waals surface area contributed by atoms with Crippen LogP contribution in [0.3, 0.4) is 0 Å². The first-order chi connectivity index (χ1) is 7.75. The van der Waals surface area contributed by atoms with Crippen molar-refractivity contribution >= 4 is 21.8 Å². The molecule has 2 aromatic rings. The Balaban J connectivity index is 1.98. The molecule has 0 aliphatic rings. The van der Waals surface area contributed by atoms with Gasteiger partial charge in [0.25, 0.3) is 5.91 Å². The minimum absolute atomic E-state index is 0.206. The molecule has 1 amide bonds. The fourth-order valence-corrected chi connectivity index (χ4v) is 1.54. The van der Waals surface area contributed by atoms with Crippen LogP contribution in [-0.2, 0) is 6.54 Å². The molecule has 0 unspecified atom stereocenters. The molecule has 82 valence electrons. The van der Waals surface area contributed by atoms with Crippen molar-refractivity contribution in [2.45, 2.75) is 6.54 Å². The number of halogens is 1. The van der Waals surface area contributed by atoms with E-state index < -0.39 is 0 Å². The monoisotopic (exact) mass is 280 g/mol. The van der Waals surface area contributed by atoms with Crippen LogP contribution in [0.4, 0.5) is 0 Å². The van der Waals surface area contributed by atoms with Gasteiger partial charge in [0, 0.05) is 12.1 Å². The Hall–Kier alpha value is -1.62. The number of carbonyl (C=O) groups is 1. The molecule has 0 atom stereocenters. The maximum Gasteiger partial charge on any atom is 0.270 e. The third kappa shape index (κ3) is 2.70. The predicted octanol–water partition coefficient (Wildman–Crippen LogP) is 2.37. The van der Waals surface area contributed by atoms with E-state index in [0.29, 0.717) is 16.8 Å². The Morgan fingerprint density at radius 2 is 2.31 bits per heavy atom. The van der Waals surface area contributed by atoms with E-state index in [9.17, 15) is 4.79 Å². The summed E-state index contributed by atoms with van der Waals surface area (Å²) in [5, 5.41) is 2.75. The second-order valence-corrected chi connectivity index (χ2v) is 3.97. The molecule has 5 heteroatoms. The average Bonchev–Trinajstić information content (AvgIpc) is 2.78. The van der Waals surface area contributed by atoms with Crippen molar-refractivity contribution in [3.63, 3.8) is 0 Å². The number of pyridine rings is 1. The van der Waals surface area contributed by atoms with Gasteiger partial charge in [-0.2, -0.15) is 0 Å². The molecule has 0 spiro atoms. The van der Waals surface area contributed by atoms with Gasteiger partial charge < -0.3 is 9.73 Å². The van der Waals surface area contributed by atoms with Crippen molar-refractivity contribution in [2.24, 2.45) is 0 Å². The normalized spacial score (nSPS) is 10.1. The summed E-state index contributed by atoms with van der Waals surface area (Å²) in [6, 6.07) is 7.00. The lowest BCUT2D eigenvalue weighted by molar-refractivity contribution is 0.0945. The number of aromatic nitrogens is 1. The van der Waals surface area contributed by atoms with Gasteiger partial charge >= 0.3 is 0 Å². The number of rotatable bonds is 3. The molecule has 0 saturated heterocycles. The largest absolute Gasteiger partial charge is 0.472 e. The van der Waals surface area contributed by atoms with Crippen molar-refractivity contribution in [3.8, 4) is 0 Å². The SMILES string of the molecule is O=C(NCc1ccoc1)c1cccc(Br)n1. The molecule has 16 heavy (non-hydrogen) atoms. The summed E-state index contributed by atoms with van der Waals surface area (Å²) in [5.74, 6) is -0.206. The molecular formula is C11H9BrN2O2. The van der Waals surface area contributed by atoms with Crippen LogP contribution in [0.15, 0.2) is 45.8 Å². The van der Waals surface area contributed by atoms with Gasteiger partial charge in [0.1, 0.15) is 10.3 Å². The molecule has 0 radical (unpaired) electrons. The lowest BCUT2D eigenvalue weighted by Gasteiger charge is -2.02. The van der Waals surface area contributed by atoms with Crippen molar-refractivity contribution in [2.75, 3.05) is 0 Å². The number of hydrogen-bond acceptors (Lipinski definition) is 3. The molecule has 0 aromatic carbocycles. The average molecular weight is 281 g/mol. The zero-order valence-electron chi connectivity index (χ0n) is 8.31. The number of amides is 1. The summed E-state index contributed by atoms with van der Waals surface area (Å²) in [4.78, 5) is 15.7. The highest BCUT2D eigenvalue weighted by Gasteiger charge is 2.06. The molecule has 2 rings (SSSR count). The fourth-order valence-electron chi connectivity index (χ4n) is 1.20. The van der Waals surface area contributed by atoms with E-state index in [1.165, 1.54) is 0 Å². The van der Waals surface area contributed by atoms with Crippen molar-refractivity contribution in [3.05, 3.63) is 52.7 Å². The lowest BCUT2D eigenvalue weighted by atomic mass is 10.3. The number of nitrogens with zero attached hydrogens (tertiary/aromatic N) is 1. The van der Waals surface area contributed by atoms with Crippen LogP contribution >= 0.6 is 15.9 Å². The zero-order chi connectivity index (χ0) is 11.4. The molecular weight excluding hydrogens is 272 g/mol. The van der Waals surface area contributed by atoms with Crippen molar-refractivity contribution in [1.82, 2.24) is 10.3 Å². The third-order valence-corrected chi connectivity index (χ3v) is 2.42. The van der Waals surface area contributed by atoms with Gasteiger partial charge in [-0.3, -0.25) is 4.79 Å². The van der Waals surface area contributed by atoms with Crippen LogP contribution in [0.2, 0.25) is 0 Å². The van der Waals surface area contributed by atoms with Crippen molar-refractivity contribution in [1.29, 1.82) is 0 Å². The van der Waals surface area contributed by atoms with Gasteiger partial charge in [0.15, 0.2) is 0 Å². The van der Waals surface area contributed by atoms with E-state index in [0.717, 1.165) is 5.56 Å². The lowest BCUT2D eigenvalue weighted by Crippen LogP contribution is -2.23. The van der Waals surface area contributed by atoms with Crippen LogP contribution in [0, 0.1) is 0 Å². The maximum atomic E-state index is 11.7. The molecule has 0 aliphatic carbocycles. The summed E-state index contributed by atoms with van der Waals surface area (Å²) >= 11 is 3.21. The summed E-state index contributed by atoms with van der Waals surface area (Å²) < 4.78 is 5.54. The van der Waals surface area contributed by atoms with Gasteiger partial charge in [-0.05, 0) is 34.1 Å². The Kier molecular flexibility index (Phi) is 3.36. The zero-order valence-corrected chi connectivity index (χ0v) is 9.90. The molecule has 1 N–H and O–H groups in total. The summed E-state index contributed by atoms with van der Waals surface area (Å²) in [5.41, 5.74) is 1.31. The van der Waals surface area contributed by atoms with E-state index >= 15 is 0 Å². The van der Waals surface area contributed by atoms with Crippen LogP contribution in [0.25, 0.3) is 0 Å². The van der Waals surface area contributed by atoms with Gasteiger partial charge in [-0.15, -0.1) is 0 Å². The highest BCUT2D eigenvalue weighted by atomic mass is 79.9. The topological polar surface area (TPSA) is 55.1 Å². The van der Waals surface area contributed by atoms with Gasteiger partial charge in [-0.1, -0.05) is 6.07 Å². The third-order valence-electron chi connectivity index (χ3n) is 1.98. The number of furan rings is 1. The standard InChI is InChI=1S/C11H9BrN2O2/c12-10-3-1-2-9(14-10)11(15)13-6-8-4-5-16-7-8/h1-5,7H,6H2,(H,13,15). The van der Waals surface area contributed by atoms with E-state index in [-0.39, 0.29) is 5.91 Å². The van der Waals surface area contributed by atoms with E-state index in [1.54, 1.807) is 36.8 Å². The van der Waals surface area contributed by atoms with E-state index in [4.69, 9.17) is 4.42 Å². The van der Waals surface area contributed by atoms with Gasteiger partial charge in [-0.25, -0.2) is 4.98 Å². The molecule has 2 aromatic heterocycles. The second-order valence-electron chi connectivity index (χ2n) is 3.16. The molecule has 0 bridgehead atoms. The summed E-state index contributed by atoms with van der Waals surface area (Å²) in [7, 11) is 0. The number of nitrogens with one attached hydrogen (secondary N) is 1. The molecule has 2 heterocycles. The predicted molar refractivity (Wildman–Crippen MR) is 61.8 cm³/mol. The minimum atomic E-state index is -0.206. The quantitative estimate of drug-likeness (QED) is 0.879. The Morgan fingerprint density at radius 1 is 1.44 bits per heavy atom. The van der Waals surface area contributed by atoms with Gasteiger partial charge in [0.05, 0.1) is 12.5 Å². The van der Waals surface area contributed by atoms with Crippen LogP contribution < -0.4 is 5.32 Å². The molecule has 4 nitrogen and oxygen atoms in total. The first-order valence-corrected chi connectivity index (χ1v) is 5.47. The number of carbonyl (C=O) groups excluding carboxylic acids is 1. The van der Waals surface area contributed by atoms with E-state index in [2.05, 4.69) is 26.2 Å². The summed E-state index contributed by atoms with van der Waals surface area (Å²) in [6.45, 7) is 0.434. The highest BCUT2D eigenvalue weighted by molar-refractivity contribution is 9.10. The molecule has 0 aliphatic heterocycles. The van der Waals surface area contributed by atoms with Crippen molar-refractivity contribution < 1.29 is 9.21 Å². The Bertz CT molecular complexity index is 482. The first kappa shape index (κ1) is 10.9. The summed E-state index contributed by atoms with van der Waals surface area (Å²) in [6.07, 6.45) is 3.16. The molecule has 0 fully saturated rings. The number of hydrogen-bond donors (Lipinski definition) is 1. The highest BCUT2D eigenvalue weighted by Crippen LogP contribution is 2.06. The van der Waals surface area contributed by atoms with Crippen LogP contribution in [-0.4, -0.2) is 10.9 Å². The first-order valence-electron chi connectivity index (χ1n) is 4.67. The Morgan fingerprint density at radius 3 is 3.00 bits per heavy atom. The van der Waals surface area contributed by atoms with Crippen LogP contribution in [0.5, 0.6) is 0 Å². The smallest absolute Gasteiger partial charge is 0.270 e. The molecule has 0 saturated carbocycles. The van der Waals surface area contributed by atoms with E-state index in [1.807, 2.05) is 0 Å². The second kappa shape index (κ2) is 4.94. The minimum Gasteiger partial charge on any atom is -0.472 e. The maximum absolute atomic E-state index is 11.7.